The number of pyridine rings is 1. The normalized spacial score (nSPS) is 10.8. The molecule has 2 aromatic heterocycles. The molecule has 0 saturated heterocycles. The second-order valence-electron chi connectivity index (χ2n) is 6.62. The Bertz CT molecular complexity index is 1170. The Kier molecular flexibility index (Phi) is 4.53. The number of fused-ring (bicyclic) bond motifs is 1. The quantitative estimate of drug-likeness (QED) is 0.504. The molecule has 0 atom stereocenters. The number of hydrogen-bond donors (Lipinski definition) is 2. The Morgan fingerprint density at radius 3 is 2.50 bits per heavy atom. The summed E-state index contributed by atoms with van der Waals surface area (Å²) in [6, 6.07) is 17.0. The third-order valence-corrected chi connectivity index (χ3v) is 4.64. The van der Waals surface area contributed by atoms with Crippen LogP contribution in [0.15, 0.2) is 66.9 Å². The van der Waals surface area contributed by atoms with Crippen LogP contribution in [0.4, 0.5) is 20.7 Å². The Morgan fingerprint density at radius 2 is 1.75 bits per heavy atom. The molecule has 2 amide bonds. The predicted octanol–water partition coefficient (Wildman–Crippen LogP) is 5.40. The summed E-state index contributed by atoms with van der Waals surface area (Å²) in [6.07, 6.45) is 1.82. The fourth-order valence-electron chi connectivity index (χ4n) is 3.01. The molecule has 0 saturated carbocycles. The zero-order chi connectivity index (χ0) is 19.7. The third-order valence-electron chi connectivity index (χ3n) is 4.64. The van der Waals surface area contributed by atoms with Crippen LogP contribution in [0.5, 0.6) is 0 Å². The number of halogens is 1. The number of hydrogen-bond acceptors (Lipinski definition) is 2. The summed E-state index contributed by atoms with van der Waals surface area (Å²) < 4.78 is 15.1. The first-order chi connectivity index (χ1) is 13.5. The van der Waals surface area contributed by atoms with Crippen LogP contribution in [0.2, 0.25) is 0 Å². The number of amides is 2. The summed E-state index contributed by atoms with van der Waals surface area (Å²) in [7, 11) is 0. The highest BCUT2D eigenvalue weighted by molar-refractivity contribution is 6.01. The van der Waals surface area contributed by atoms with Crippen LogP contribution in [0, 0.1) is 19.7 Å². The highest BCUT2D eigenvalue weighted by atomic mass is 19.1. The maximum atomic E-state index is 13.3. The summed E-state index contributed by atoms with van der Waals surface area (Å²) in [5.41, 5.74) is 4.93. The van der Waals surface area contributed by atoms with Gasteiger partial charge >= 0.3 is 6.03 Å². The standard InChI is InChI=1S/C22H19FN4O/c1-14-6-11-18(13-15(14)2)24-22(28)26-21-20(16-7-9-17(23)10-8-16)25-19-5-3-4-12-27(19)21/h3-13H,1-2H3,(H2,24,26,28). The van der Waals surface area contributed by atoms with Gasteiger partial charge in [0.1, 0.15) is 23.0 Å². The van der Waals surface area contributed by atoms with Crippen LogP contribution in [0.25, 0.3) is 16.9 Å². The topological polar surface area (TPSA) is 58.4 Å². The van der Waals surface area contributed by atoms with Crippen molar-refractivity contribution in [2.45, 2.75) is 13.8 Å². The van der Waals surface area contributed by atoms with Crippen LogP contribution < -0.4 is 10.6 Å². The van der Waals surface area contributed by atoms with Crippen LogP contribution in [-0.4, -0.2) is 15.4 Å². The predicted molar refractivity (Wildman–Crippen MR) is 109 cm³/mol. The molecule has 6 heteroatoms. The van der Waals surface area contributed by atoms with Crippen molar-refractivity contribution in [3.8, 4) is 11.3 Å². The van der Waals surface area contributed by atoms with Crippen LogP contribution >= 0.6 is 0 Å². The molecule has 0 radical (unpaired) electrons. The van der Waals surface area contributed by atoms with Crippen molar-refractivity contribution in [2.75, 3.05) is 10.6 Å². The Hall–Kier alpha value is -3.67. The highest BCUT2D eigenvalue weighted by Crippen LogP contribution is 2.29. The monoisotopic (exact) mass is 374 g/mol. The lowest BCUT2D eigenvalue weighted by Gasteiger charge is -2.10. The zero-order valence-electron chi connectivity index (χ0n) is 15.5. The van der Waals surface area contributed by atoms with Crippen molar-refractivity contribution < 1.29 is 9.18 Å². The molecule has 0 unspecified atom stereocenters. The second kappa shape index (κ2) is 7.15. The number of anilines is 2. The smallest absolute Gasteiger partial charge is 0.308 e. The summed E-state index contributed by atoms with van der Waals surface area (Å²) in [4.78, 5) is 17.2. The number of imidazole rings is 1. The lowest BCUT2D eigenvalue weighted by molar-refractivity contribution is 0.262. The minimum absolute atomic E-state index is 0.325. The van der Waals surface area contributed by atoms with Gasteiger partial charge < -0.3 is 5.32 Å². The molecule has 0 bridgehead atoms. The molecule has 0 spiro atoms. The van der Waals surface area contributed by atoms with Crippen molar-refractivity contribution in [3.63, 3.8) is 0 Å². The maximum absolute atomic E-state index is 13.3. The Labute approximate surface area is 161 Å². The van der Waals surface area contributed by atoms with Gasteiger partial charge in [-0.05, 0) is 73.5 Å². The van der Waals surface area contributed by atoms with Crippen LogP contribution in [0.1, 0.15) is 11.1 Å². The van der Waals surface area contributed by atoms with E-state index in [-0.39, 0.29) is 11.8 Å². The van der Waals surface area contributed by atoms with E-state index in [9.17, 15) is 9.18 Å². The van der Waals surface area contributed by atoms with Gasteiger partial charge in [0.2, 0.25) is 0 Å². The number of aromatic nitrogens is 2. The van der Waals surface area contributed by atoms with E-state index >= 15 is 0 Å². The first kappa shape index (κ1) is 17.7. The average Bonchev–Trinajstić information content (AvgIpc) is 3.04. The lowest BCUT2D eigenvalue weighted by atomic mass is 10.1. The van der Waals surface area contributed by atoms with E-state index in [4.69, 9.17) is 0 Å². The van der Waals surface area contributed by atoms with Crippen molar-refractivity contribution in [3.05, 3.63) is 83.8 Å². The van der Waals surface area contributed by atoms with E-state index in [1.54, 1.807) is 16.5 Å². The van der Waals surface area contributed by atoms with Crippen LogP contribution in [-0.2, 0) is 0 Å². The average molecular weight is 374 g/mol. The van der Waals surface area contributed by atoms with E-state index in [1.807, 2.05) is 56.4 Å². The number of nitrogens with zero attached hydrogens (tertiary/aromatic N) is 2. The van der Waals surface area contributed by atoms with Crippen molar-refractivity contribution in [1.82, 2.24) is 9.38 Å². The molecular weight excluding hydrogens is 355 g/mol. The summed E-state index contributed by atoms with van der Waals surface area (Å²) in [6.45, 7) is 4.02. The largest absolute Gasteiger partial charge is 0.324 e. The number of rotatable bonds is 3. The second-order valence-corrected chi connectivity index (χ2v) is 6.62. The molecular formula is C22H19FN4O. The van der Waals surface area contributed by atoms with E-state index in [0.29, 0.717) is 28.4 Å². The lowest BCUT2D eigenvalue weighted by Crippen LogP contribution is -2.20. The first-order valence-electron chi connectivity index (χ1n) is 8.89. The number of urea groups is 1. The molecule has 2 N–H and O–H groups in total. The molecule has 0 aliphatic rings. The van der Waals surface area contributed by atoms with Crippen LogP contribution in [0.3, 0.4) is 0 Å². The fourth-order valence-corrected chi connectivity index (χ4v) is 3.01. The maximum Gasteiger partial charge on any atom is 0.324 e. The van der Waals surface area contributed by atoms with Gasteiger partial charge in [-0.25, -0.2) is 14.2 Å². The minimum Gasteiger partial charge on any atom is -0.308 e. The fraction of sp³-hybridized carbons (Fsp3) is 0.0909. The molecule has 28 heavy (non-hydrogen) atoms. The van der Waals surface area contributed by atoms with E-state index < -0.39 is 0 Å². The number of carbonyl (C=O) groups is 1. The molecule has 0 aliphatic carbocycles. The summed E-state index contributed by atoms with van der Waals surface area (Å²) in [5.74, 6) is 0.193. The van der Waals surface area contributed by atoms with Gasteiger partial charge in [0.15, 0.2) is 0 Å². The highest BCUT2D eigenvalue weighted by Gasteiger charge is 2.16. The summed E-state index contributed by atoms with van der Waals surface area (Å²) in [5, 5.41) is 5.74. The molecule has 0 aliphatic heterocycles. The van der Waals surface area contributed by atoms with Crippen molar-refractivity contribution in [2.24, 2.45) is 0 Å². The molecule has 4 rings (SSSR count). The van der Waals surface area contributed by atoms with Gasteiger partial charge in [0.05, 0.1) is 0 Å². The van der Waals surface area contributed by atoms with Gasteiger partial charge in [-0.3, -0.25) is 9.72 Å². The van der Waals surface area contributed by atoms with Gasteiger partial charge in [-0.2, -0.15) is 0 Å². The zero-order valence-corrected chi connectivity index (χ0v) is 15.5. The van der Waals surface area contributed by atoms with E-state index in [1.165, 1.54) is 12.1 Å². The van der Waals surface area contributed by atoms with Gasteiger partial charge in [-0.15, -0.1) is 0 Å². The number of aryl methyl sites for hydroxylation is 2. The van der Waals surface area contributed by atoms with E-state index in [2.05, 4.69) is 15.6 Å². The molecule has 4 aromatic rings. The Balaban J connectivity index is 1.68. The van der Waals surface area contributed by atoms with Gasteiger partial charge in [0.25, 0.3) is 0 Å². The molecule has 140 valence electrons. The SMILES string of the molecule is Cc1ccc(NC(=O)Nc2c(-c3ccc(F)cc3)nc3ccccn23)cc1C. The van der Waals surface area contributed by atoms with Crippen molar-refractivity contribution in [1.29, 1.82) is 0 Å². The Morgan fingerprint density at radius 1 is 0.964 bits per heavy atom. The minimum atomic E-state index is -0.378. The van der Waals surface area contributed by atoms with Crippen molar-refractivity contribution >= 4 is 23.2 Å². The molecule has 2 heterocycles. The summed E-state index contributed by atoms with van der Waals surface area (Å²) >= 11 is 0. The number of nitrogens with one attached hydrogen (secondary N) is 2. The molecule has 2 aromatic carbocycles. The number of carbonyl (C=O) groups excluding carboxylic acids is 1. The third kappa shape index (κ3) is 3.44. The van der Waals surface area contributed by atoms with Gasteiger partial charge in [-0.1, -0.05) is 12.1 Å². The first-order valence-corrected chi connectivity index (χ1v) is 8.89. The van der Waals surface area contributed by atoms with E-state index in [0.717, 1.165) is 11.1 Å². The number of benzene rings is 2. The molecule has 0 fully saturated rings. The van der Waals surface area contributed by atoms with Gasteiger partial charge in [0, 0.05) is 17.4 Å². The molecule has 5 nitrogen and oxygen atoms in total.